The topological polar surface area (TPSA) is 12.9 Å². The molecule has 0 aliphatic rings. The Morgan fingerprint density at radius 2 is 2.45 bits per heavy atom. The van der Waals surface area contributed by atoms with Crippen molar-refractivity contribution in [3.8, 4) is 0 Å². The highest BCUT2D eigenvalue weighted by Crippen LogP contribution is 2.22. The van der Waals surface area contributed by atoms with Gasteiger partial charge in [-0.05, 0) is 12.3 Å². The summed E-state index contributed by atoms with van der Waals surface area (Å²) in [6.45, 7) is 2.10. The number of halogens is 2. The van der Waals surface area contributed by atoms with Crippen LogP contribution >= 0.6 is 34.5 Å². The summed E-state index contributed by atoms with van der Waals surface area (Å²) in [4.78, 5) is 5.08. The van der Waals surface area contributed by atoms with Crippen LogP contribution in [0, 0.1) is 5.92 Å². The van der Waals surface area contributed by atoms with Crippen LogP contribution in [-0.4, -0.2) is 10.9 Å². The van der Waals surface area contributed by atoms with Crippen LogP contribution in [-0.2, 0) is 6.42 Å². The van der Waals surface area contributed by atoms with Crippen molar-refractivity contribution in [2.45, 2.75) is 13.3 Å². The maximum absolute atomic E-state index is 5.80. The average Bonchev–Trinajstić information content (AvgIpc) is 2.37. The highest BCUT2D eigenvalue weighted by atomic mass is 35.5. The third kappa shape index (κ3) is 2.62. The second-order valence-electron chi connectivity index (χ2n) is 2.53. The lowest BCUT2D eigenvalue weighted by atomic mass is 10.1. The van der Waals surface area contributed by atoms with Gasteiger partial charge in [0.2, 0.25) is 0 Å². The average molecular weight is 210 g/mol. The highest BCUT2D eigenvalue weighted by molar-refractivity contribution is 7.10. The van der Waals surface area contributed by atoms with Crippen LogP contribution in [0.4, 0.5) is 0 Å². The van der Waals surface area contributed by atoms with E-state index in [2.05, 4.69) is 11.9 Å². The molecule has 4 heteroatoms. The van der Waals surface area contributed by atoms with Crippen LogP contribution in [0.2, 0.25) is 5.15 Å². The van der Waals surface area contributed by atoms with Gasteiger partial charge in [-0.2, -0.15) is 0 Å². The lowest BCUT2D eigenvalue weighted by Gasteiger charge is -2.03. The molecule has 0 saturated heterocycles. The SMILES string of the molecule is CC(CCl)Cc1scnc1Cl. The van der Waals surface area contributed by atoms with E-state index in [0.717, 1.165) is 11.3 Å². The van der Waals surface area contributed by atoms with E-state index in [1.807, 2.05) is 0 Å². The predicted octanol–water partition coefficient (Wildman–Crippen LogP) is 3.21. The van der Waals surface area contributed by atoms with Crippen LogP contribution in [0.25, 0.3) is 0 Å². The highest BCUT2D eigenvalue weighted by Gasteiger charge is 2.07. The first-order valence-electron chi connectivity index (χ1n) is 3.38. The zero-order chi connectivity index (χ0) is 8.27. The summed E-state index contributed by atoms with van der Waals surface area (Å²) in [6.07, 6.45) is 0.938. The van der Waals surface area contributed by atoms with Gasteiger partial charge in [0, 0.05) is 10.8 Å². The number of hydrogen-bond donors (Lipinski definition) is 0. The first-order chi connectivity index (χ1) is 5.24. The molecule has 1 rings (SSSR count). The Labute approximate surface area is 80.4 Å². The van der Waals surface area contributed by atoms with Gasteiger partial charge in [0.15, 0.2) is 0 Å². The molecular formula is C7H9Cl2NS. The molecule has 1 aromatic heterocycles. The van der Waals surface area contributed by atoms with Crippen LogP contribution in [0.5, 0.6) is 0 Å². The van der Waals surface area contributed by atoms with E-state index in [4.69, 9.17) is 23.2 Å². The van der Waals surface area contributed by atoms with Crippen molar-refractivity contribution in [2.24, 2.45) is 5.92 Å². The number of alkyl halides is 1. The minimum atomic E-state index is 0.481. The van der Waals surface area contributed by atoms with Crippen molar-refractivity contribution in [2.75, 3.05) is 5.88 Å². The fraction of sp³-hybridized carbons (Fsp3) is 0.571. The first kappa shape index (κ1) is 9.30. The number of nitrogens with zero attached hydrogens (tertiary/aromatic N) is 1. The third-order valence-corrected chi connectivity index (χ3v) is 3.21. The summed E-state index contributed by atoms with van der Waals surface area (Å²) in [5, 5.41) is 0.631. The number of hydrogen-bond acceptors (Lipinski definition) is 2. The van der Waals surface area contributed by atoms with Crippen LogP contribution in [0.1, 0.15) is 11.8 Å². The summed E-state index contributed by atoms with van der Waals surface area (Å²) < 4.78 is 0. The molecule has 1 nitrogen and oxygen atoms in total. The molecule has 0 bridgehead atoms. The lowest BCUT2D eigenvalue weighted by Crippen LogP contribution is -1.99. The van der Waals surface area contributed by atoms with E-state index in [1.165, 1.54) is 0 Å². The van der Waals surface area contributed by atoms with Gasteiger partial charge in [-0.3, -0.25) is 0 Å². The minimum absolute atomic E-state index is 0.481. The van der Waals surface area contributed by atoms with Gasteiger partial charge in [-0.15, -0.1) is 22.9 Å². The van der Waals surface area contributed by atoms with Gasteiger partial charge in [-0.25, -0.2) is 4.98 Å². The van der Waals surface area contributed by atoms with Gasteiger partial charge in [0.1, 0.15) is 5.15 Å². The largest absolute Gasteiger partial charge is 0.233 e. The Morgan fingerprint density at radius 1 is 1.73 bits per heavy atom. The molecule has 0 radical (unpaired) electrons. The molecule has 0 aliphatic heterocycles. The van der Waals surface area contributed by atoms with Crippen molar-refractivity contribution >= 4 is 34.5 Å². The van der Waals surface area contributed by atoms with Gasteiger partial charge >= 0.3 is 0 Å². The number of rotatable bonds is 3. The number of thiazole rings is 1. The second-order valence-corrected chi connectivity index (χ2v) is 4.14. The molecule has 0 amide bonds. The molecule has 0 aromatic carbocycles. The zero-order valence-corrected chi connectivity index (χ0v) is 8.51. The van der Waals surface area contributed by atoms with E-state index in [-0.39, 0.29) is 0 Å². The molecule has 0 aliphatic carbocycles. The Morgan fingerprint density at radius 3 is 2.91 bits per heavy atom. The molecule has 1 heterocycles. The van der Waals surface area contributed by atoms with E-state index in [9.17, 15) is 0 Å². The summed E-state index contributed by atoms with van der Waals surface area (Å²) in [7, 11) is 0. The molecule has 1 atom stereocenters. The van der Waals surface area contributed by atoms with Crippen molar-refractivity contribution in [1.82, 2.24) is 4.98 Å². The van der Waals surface area contributed by atoms with E-state index < -0.39 is 0 Å². The van der Waals surface area contributed by atoms with Crippen LogP contribution < -0.4 is 0 Å². The summed E-state index contributed by atoms with van der Waals surface area (Å²) in [5.74, 6) is 1.16. The quantitative estimate of drug-likeness (QED) is 0.698. The smallest absolute Gasteiger partial charge is 0.143 e. The molecular weight excluding hydrogens is 201 g/mol. The van der Waals surface area contributed by atoms with Crippen molar-refractivity contribution < 1.29 is 0 Å². The van der Waals surface area contributed by atoms with Gasteiger partial charge < -0.3 is 0 Å². The Kier molecular flexibility index (Phi) is 3.63. The number of aromatic nitrogens is 1. The van der Waals surface area contributed by atoms with Gasteiger partial charge in [-0.1, -0.05) is 18.5 Å². The molecule has 0 saturated carbocycles. The van der Waals surface area contributed by atoms with Crippen molar-refractivity contribution in [3.05, 3.63) is 15.5 Å². The van der Waals surface area contributed by atoms with Crippen molar-refractivity contribution in [1.29, 1.82) is 0 Å². The monoisotopic (exact) mass is 209 g/mol. The molecule has 1 aromatic rings. The lowest BCUT2D eigenvalue weighted by molar-refractivity contribution is 0.661. The standard InChI is InChI=1S/C7H9Cl2NS/c1-5(3-8)2-6-7(9)10-4-11-6/h4-5H,2-3H2,1H3. The van der Waals surface area contributed by atoms with Crippen LogP contribution in [0.3, 0.4) is 0 Å². The fourth-order valence-electron chi connectivity index (χ4n) is 0.760. The van der Waals surface area contributed by atoms with E-state index in [0.29, 0.717) is 17.0 Å². The summed E-state index contributed by atoms with van der Waals surface area (Å²) >= 11 is 13.1. The molecule has 62 valence electrons. The molecule has 11 heavy (non-hydrogen) atoms. The Hall–Kier alpha value is 0.210. The Balaban J connectivity index is 2.56. The second kappa shape index (κ2) is 4.29. The normalized spacial score (nSPS) is 13.4. The van der Waals surface area contributed by atoms with Crippen LogP contribution in [0.15, 0.2) is 5.51 Å². The molecule has 0 N–H and O–H groups in total. The molecule has 1 unspecified atom stereocenters. The van der Waals surface area contributed by atoms with Crippen molar-refractivity contribution in [3.63, 3.8) is 0 Å². The van der Waals surface area contributed by atoms with Gasteiger partial charge in [0.05, 0.1) is 5.51 Å². The third-order valence-electron chi connectivity index (χ3n) is 1.39. The van der Waals surface area contributed by atoms with E-state index >= 15 is 0 Å². The van der Waals surface area contributed by atoms with E-state index in [1.54, 1.807) is 16.8 Å². The fourth-order valence-corrected chi connectivity index (χ4v) is 2.00. The predicted molar refractivity (Wildman–Crippen MR) is 50.7 cm³/mol. The van der Waals surface area contributed by atoms with Gasteiger partial charge in [0.25, 0.3) is 0 Å². The minimum Gasteiger partial charge on any atom is -0.233 e. The Bertz CT molecular complexity index is 224. The maximum atomic E-state index is 5.80. The molecule has 0 spiro atoms. The zero-order valence-electron chi connectivity index (χ0n) is 6.18. The summed E-state index contributed by atoms with van der Waals surface area (Å²) in [6, 6.07) is 0. The maximum Gasteiger partial charge on any atom is 0.143 e. The summed E-state index contributed by atoms with van der Waals surface area (Å²) in [5.41, 5.74) is 1.76. The first-order valence-corrected chi connectivity index (χ1v) is 5.17. The molecule has 0 fully saturated rings.